The standard InChI is InChI=1S/C32H40ClN3O7/c1-30-13-14-32(42-15-16-43-32)17-20(30)5-8-22-23-9-10-25(31(23,2)12-11-24(22)30)41-18-26(37)34-35-28(27(33)29(35)38)19-3-6-21(7-4-19)36(39)40/h3-4,6-7,17,22-25,27-28H,5,8-16,18H2,1-2H3,(H,34,37)/t22-,23-,24-,25-,27+,28+,30-,31-/m0/s1. The third-order valence-electron chi connectivity index (χ3n) is 11.9. The first kappa shape index (κ1) is 29.2. The maximum Gasteiger partial charge on any atom is 0.269 e. The molecule has 1 N–H and O–H groups in total. The molecule has 5 fully saturated rings. The summed E-state index contributed by atoms with van der Waals surface area (Å²) in [5.74, 6) is 0.534. The van der Waals surface area contributed by atoms with Gasteiger partial charge >= 0.3 is 0 Å². The lowest BCUT2D eigenvalue weighted by Crippen LogP contribution is -2.63. The van der Waals surface area contributed by atoms with Gasteiger partial charge < -0.3 is 14.2 Å². The topological polar surface area (TPSA) is 120 Å². The fourth-order valence-corrected chi connectivity index (χ4v) is 10.0. The number of benzene rings is 1. The van der Waals surface area contributed by atoms with Crippen molar-refractivity contribution in [2.24, 2.45) is 28.6 Å². The summed E-state index contributed by atoms with van der Waals surface area (Å²) in [7, 11) is 0. The molecule has 2 saturated heterocycles. The monoisotopic (exact) mass is 613 g/mol. The van der Waals surface area contributed by atoms with Gasteiger partial charge in [0.25, 0.3) is 17.5 Å². The highest BCUT2D eigenvalue weighted by Gasteiger charge is 2.60. The van der Waals surface area contributed by atoms with Crippen LogP contribution in [0, 0.1) is 38.7 Å². The Kier molecular flexibility index (Phi) is 7.15. The fraction of sp³-hybridized carbons (Fsp3) is 0.688. The second-order valence-corrected chi connectivity index (χ2v) is 14.3. The summed E-state index contributed by atoms with van der Waals surface area (Å²) in [6, 6.07) is 5.24. The molecule has 1 spiro atoms. The normalized spacial score (nSPS) is 39.4. The molecular formula is C32H40ClN3O7. The molecular weight excluding hydrogens is 574 g/mol. The summed E-state index contributed by atoms with van der Waals surface area (Å²) in [6.45, 7) is 6.04. The van der Waals surface area contributed by atoms with Crippen molar-refractivity contribution in [1.82, 2.24) is 10.4 Å². The maximum absolute atomic E-state index is 13.0. The first-order valence-electron chi connectivity index (χ1n) is 15.7. The molecule has 0 radical (unpaired) electrons. The average molecular weight is 614 g/mol. The number of alkyl halides is 1. The van der Waals surface area contributed by atoms with Gasteiger partial charge in [0.2, 0.25) is 0 Å². The first-order valence-corrected chi connectivity index (χ1v) is 16.1. The molecule has 7 rings (SSSR count). The molecule has 0 unspecified atom stereocenters. The zero-order chi connectivity index (χ0) is 30.1. The number of hydrogen-bond donors (Lipinski definition) is 1. The van der Waals surface area contributed by atoms with E-state index in [0.29, 0.717) is 36.5 Å². The van der Waals surface area contributed by atoms with Gasteiger partial charge in [-0.25, -0.2) is 5.01 Å². The smallest absolute Gasteiger partial charge is 0.269 e. The van der Waals surface area contributed by atoms with Crippen LogP contribution in [0.3, 0.4) is 0 Å². The molecule has 2 aliphatic heterocycles. The Bertz CT molecular complexity index is 1350. The van der Waals surface area contributed by atoms with Crippen molar-refractivity contribution in [1.29, 1.82) is 0 Å². The van der Waals surface area contributed by atoms with Crippen molar-refractivity contribution in [2.45, 2.75) is 88.5 Å². The van der Waals surface area contributed by atoms with Gasteiger partial charge in [0.15, 0.2) is 5.79 Å². The van der Waals surface area contributed by atoms with Crippen molar-refractivity contribution < 1.29 is 28.7 Å². The lowest BCUT2D eigenvalue weighted by Gasteiger charge is -2.59. The molecule has 2 heterocycles. The predicted molar refractivity (Wildman–Crippen MR) is 157 cm³/mol. The van der Waals surface area contributed by atoms with Crippen LogP contribution in [0.5, 0.6) is 0 Å². The summed E-state index contributed by atoms with van der Waals surface area (Å²) >= 11 is 6.27. The molecule has 8 atom stereocenters. The van der Waals surface area contributed by atoms with Gasteiger partial charge in [-0.15, -0.1) is 11.6 Å². The summed E-state index contributed by atoms with van der Waals surface area (Å²) in [4.78, 5) is 36.0. The molecule has 4 aliphatic carbocycles. The van der Waals surface area contributed by atoms with Crippen LogP contribution in [-0.2, 0) is 23.8 Å². The molecule has 0 bridgehead atoms. The zero-order valence-electron chi connectivity index (χ0n) is 24.8. The minimum atomic E-state index is -0.854. The van der Waals surface area contributed by atoms with Gasteiger partial charge in [0.1, 0.15) is 18.0 Å². The van der Waals surface area contributed by atoms with E-state index in [1.54, 1.807) is 12.1 Å². The number of non-ortho nitro benzene ring substituents is 1. The summed E-state index contributed by atoms with van der Waals surface area (Å²) in [6.07, 6.45) is 10.9. The number of hydrazine groups is 1. The zero-order valence-corrected chi connectivity index (χ0v) is 25.5. The van der Waals surface area contributed by atoms with Gasteiger partial charge in [0, 0.05) is 18.6 Å². The second kappa shape index (κ2) is 10.5. The Hall–Kier alpha value is -2.53. The van der Waals surface area contributed by atoms with Crippen molar-refractivity contribution in [3.8, 4) is 0 Å². The van der Waals surface area contributed by atoms with Crippen molar-refractivity contribution in [2.75, 3.05) is 19.8 Å². The Labute approximate surface area is 256 Å². The highest BCUT2D eigenvalue weighted by atomic mass is 35.5. The molecule has 1 aromatic carbocycles. The Balaban J connectivity index is 0.978. The van der Waals surface area contributed by atoms with Gasteiger partial charge in [-0.3, -0.25) is 25.1 Å². The number of amides is 2. The summed E-state index contributed by atoms with van der Waals surface area (Å²) in [5.41, 5.74) is 4.96. The molecule has 2 amide bonds. The average Bonchev–Trinajstić information content (AvgIpc) is 3.60. The molecule has 232 valence electrons. The van der Waals surface area contributed by atoms with E-state index in [4.69, 9.17) is 25.8 Å². The molecule has 11 heteroatoms. The molecule has 0 aromatic heterocycles. The number of allylic oxidation sites excluding steroid dienone is 1. The number of hydrogen-bond acceptors (Lipinski definition) is 7. The Morgan fingerprint density at radius 2 is 1.84 bits per heavy atom. The number of rotatable bonds is 6. The lowest BCUT2D eigenvalue weighted by molar-refractivity contribution is -0.384. The van der Waals surface area contributed by atoms with Crippen LogP contribution in [0.4, 0.5) is 5.69 Å². The highest BCUT2D eigenvalue weighted by molar-refractivity contribution is 6.33. The van der Waals surface area contributed by atoms with Crippen LogP contribution >= 0.6 is 11.6 Å². The van der Waals surface area contributed by atoms with Crippen LogP contribution in [0.2, 0.25) is 0 Å². The number of fused-ring (bicyclic) bond motifs is 5. The van der Waals surface area contributed by atoms with Crippen molar-refractivity contribution in [3.63, 3.8) is 0 Å². The van der Waals surface area contributed by atoms with E-state index in [1.165, 1.54) is 29.1 Å². The Morgan fingerprint density at radius 1 is 1.09 bits per heavy atom. The third kappa shape index (κ3) is 4.62. The number of carbonyl (C=O) groups is 2. The number of halogens is 1. The second-order valence-electron chi connectivity index (χ2n) is 13.9. The van der Waals surface area contributed by atoms with Gasteiger partial charge in [-0.05, 0) is 97.3 Å². The Morgan fingerprint density at radius 3 is 2.56 bits per heavy atom. The van der Waals surface area contributed by atoms with E-state index in [2.05, 4.69) is 25.3 Å². The fourth-order valence-electron chi connectivity index (χ4n) is 9.64. The van der Waals surface area contributed by atoms with E-state index in [-0.39, 0.29) is 29.2 Å². The number of carbonyl (C=O) groups excluding carboxylic acids is 2. The van der Waals surface area contributed by atoms with Gasteiger partial charge in [-0.1, -0.05) is 19.4 Å². The highest BCUT2D eigenvalue weighted by Crippen LogP contribution is 2.66. The van der Waals surface area contributed by atoms with E-state index < -0.39 is 33.9 Å². The van der Waals surface area contributed by atoms with E-state index in [1.807, 2.05) is 0 Å². The predicted octanol–water partition coefficient (Wildman–Crippen LogP) is 5.21. The van der Waals surface area contributed by atoms with Crippen LogP contribution in [0.15, 0.2) is 35.9 Å². The largest absolute Gasteiger partial charge is 0.368 e. The van der Waals surface area contributed by atoms with Gasteiger partial charge in [0.05, 0.1) is 24.2 Å². The maximum atomic E-state index is 13.0. The number of nitro benzene ring substituents is 1. The minimum Gasteiger partial charge on any atom is -0.368 e. The number of nitro groups is 1. The molecule has 10 nitrogen and oxygen atoms in total. The van der Waals surface area contributed by atoms with Crippen molar-refractivity contribution in [3.05, 3.63) is 51.6 Å². The van der Waals surface area contributed by atoms with Gasteiger partial charge in [-0.2, -0.15) is 0 Å². The number of nitrogens with zero attached hydrogens (tertiary/aromatic N) is 2. The molecule has 43 heavy (non-hydrogen) atoms. The van der Waals surface area contributed by atoms with Crippen LogP contribution < -0.4 is 5.43 Å². The molecule has 3 saturated carbocycles. The molecule has 6 aliphatic rings. The third-order valence-corrected chi connectivity index (χ3v) is 12.4. The molecule has 1 aromatic rings. The first-order chi connectivity index (χ1) is 20.5. The number of nitrogens with one attached hydrogen (secondary N) is 1. The summed E-state index contributed by atoms with van der Waals surface area (Å²) in [5, 5.41) is 11.4. The number of ether oxygens (including phenoxy) is 3. The van der Waals surface area contributed by atoms with Crippen LogP contribution in [0.25, 0.3) is 0 Å². The lowest BCUT2D eigenvalue weighted by atomic mass is 9.47. The SMILES string of the molecule is C[C@]12CC[C@H]3[C@@H](CCC4=CC5(CC[C@@]43C)OCCO5)[C@@H]1CC[C@@H]2OCC(=O)NN1C(=O)[C@H](Cl)[C@H]1c1ccc([N+](=O)[O-])cc1. The van der Waals surface area contributed by atoms with Crippen LogP contribution in [-0.4, -0.2) is 58.8 Å². The van der Waals surface area contributed by atoms with Crippen molar-refractivity contribution >= 4 is 29.1 Å². The van der Waals surface area contributed by atoms with Crippen LogP contribution in [0.1, 0.15) is 76.8 Å². The number of β-lactam (4-membered cyclic amide) rings is 1. The minimum absolute atomic E-state index is 0.0119. The quantitative estimate of drug-likeness (QED) is 0.154. The van der Waals surface area contributed by atoms with E-state index in [9.17, 15) is 19.7 Å². The van der Waals surface area contributed by atoms with E-state index >= 15 is 0 Å². The van der Waals surface area contributed by atoms with E-state index in [0.717, 1.165) is 44.9 Å². The summed E-state index contributed by atoms with van der Waals surface area (Å²) < 4.78 is 18.4.